The van der Waals surface area contributed by atoms with Crippen molar-refractivity contribution in [3.63, 3.8) is 0 Å². The molecule has 0 spiro atoms. The number of carboxylic acid groups (broad SMARTS) is 1. The van der Waals surface area contributed by atoms with Gasteiger partial charge in [0.15, 0.2) is 0 Å². The molecule has 2 rings (SSSR count). The number of aliphatic carboxylic acids is 1. The quantitative estimate of drug-likeness (QED) is 0.838. The Hall–Kier alpha value is -0.910. The van der Waals surface area contributed by atoms with Crippen LogP contribution in [0.4, 0.5) is 4.79 Å². The SMILES string of the molecule is CC1CN(C(=O)NCC2(C(=O)O)CCCCC2)CCS1. The standard InChI is InChI=1S/C14H24N2O3S/c1-11-9-16(7-8-20-11)13(19)15-10-14(12(17)18)5-3-2-4-6-14/h11H,2-10H2,1H3,(H,15,19)(H,17,18). The highest BCUT2D eigenvalue weighted by Crippen LogP contribution is 2.36. The van der Waals surface area contributed by atoms with Crippen LogP contribution in [0.25, 0.3) is 0 Å². The minimum atomic E-state index is -0.764. The number of nitrogens with zero attached hydrogens (tertiary/aromatic N) is 1. The molecule has 5 nitrogen and oxygen atoms in total. The lowest BCUT2D eigenvalue weighted by atomic mass is 9.74. The summed E-state index contributed by atoms with van der Waals surface area (Å²) in [6.45, 7) is 3.88. The van der Waals surface area contributed by atoms with E-state index in [1.807, 2.05) is 11.8 Å². The number of thioether (sulfide) groups is 1. The second-order valence-corrected chi connectivity index (χ2v) is 7.48. The summed E-state index contributed by atoms with van der Waals surface area (Å²) in [7, 11) is 0. The Morgan fingerprint density at radius 3 is 2.65 bits per heavy atom. The number of amides is 2. The van der Waals surface area contributed by atoms with E-state index < -0.39 is 11.4 Å². The Balaban J connectivity index is 1.88. The maximum atomic E-state index is 12.2. The second-order valence-electron chi connectivity index (χ2n) is 5.93. The molecular formula is C14H24N2O3S. The Morgan fingerprint density at radius 1 is 1.35 bits per heavy atom. The molecule has 2 N–H and O–H groups in total. The molecule has 1 saturated heterocycles. The van der Waals surface area contributed by atoms with Crippen LogP contribution >= 0.6 is 11.8 Å². The van der Waals surface area contributed by atoms with Crippen LogP contribution in [-0.2, 0) is 4.79 Å². The topological polar surface area (TPSA) is 69.6 Å². The van der Waals surface area contributed by atoms with Gasteiger partial charge in [-0.05, 0) is 12.8 Å². The Kier molecular flexibility index (Phi) is 5.18. The van der Waals surface area contributed by atoms with E-state index in [0.29, 0.717) is 18.1 Å². The first-order valence-electron chi connectivity index (χ1n) is 7.41. The maximum Gasteiger partial charge on any atom is 0.317 e. The van der Waals surface area contributed by atoms with Gasteiger partial charge in [0.1, 0.15) is 0 Å². The molecule has 20 heavy (non-hydrogen) atoms. The first-order valence-corrected chi connectivity index (χ1v) is 8.46. The molecule has 2 aliphatic rings. The molecule has 1 heterocycles. The molecule has 114 valence electrons. The normalized spacial score (nSPS) is 26.1. The fraction of sp³-hybridized carbons (Fsp3) is 0.857. The van der Waals surface area contributed by atoms with Crippen molar-refractivity contribution in [2.24, 2.45) is 5.41 Å². The second kappa shape index (κ2) is 6.70. The molecule has 1 atom stereocenters. The summed E-state index contributed by atoms with van der Waals surface area (Å²) in [5.41, 5.74) is -0.746. The van der Waals surface area contributed by atoms with Gasteiger partial charge in [0.2, 0.25) is 0 Å². The summed E-state index contributed by atoms with van der Waals surface area (Å²) in [4.78, 5) is 25.5. The first-order chi connectivity index (χ1) is 9.53. The highest BCUT2D eigenvalue weighted by Gasteiger charge is 2.40. The Morgan fingerprint density at radius 2 is 2.05 bits per heavy atom. The van der Waals surface area contributed by atoms with Crippen LogP contribution in [0.3, 0.4) is 0 Å². The van der Waals surface area contributed by atoms with Gasteiger partial charge in [0.25, 0.3) is 0 Å². The van der Waals surface area contributed by atoms with Crippen molar-refractivity contribution in [1.29, 1.82) is 0 Å². The molecule has 0 bridgehead atoms. The predicted octanol–water partition coefficient (Wildman–Crippen LogP) is 2.17. The third kappa shape index (κ3) is 3.59. The van der Waals surface area contributed by atoms with Crippen LogP contribution in [0.1, 0.15) is 39.0 Å². The minimum Gasteiger partial charge on any atom is -0.481 e. The highest BCUT2D eigenvalue weighted by molar-refractivity contribution is 7.99. The van der Waals surface area contributed by atoms with Crippen molar-refractivity contribution in [3.8, 4) is 0 Å². The van der Waals surface area contributed by atoms with E-state index in [1.54, 1.807) is 4.90 Å². The van der Waals surface area contributed by atoms with Crippen LogP contribution in [0.5, 0.6) is 0 Å². The van der Waals surface area contributed by atoms with E-state index in [1.165, 1.54) is 0 Å². The zero-order chi connectivity index (χ0) is 14.6. The lowest BCUT2D eigenvalue weighted by Gasteiger charge is -2.35. The Labute approximate surface area is 124 Å². The molecule has 0 aromatic rings. The van der Waals surface area contributed by atoms with Crippen molar-refractivity contribution in [2.75, 3.05) is 25.4 Å². The molecule has 2 amide bonds. The van der Waals surface area contributed by atoms with Crippen molar-refractivity contribution < 1.29 is 14.7 Å². The molecular weight excluding hydrogens is 276 g/mol. The lowest BCUT2D eigenvalue weighted by molar-refractivity contribution is -0.150. The summed E-state index contributed by atoms with van der Waals surface area (Å²) in [6.07, 6.45) is 4.34. The summed E-state index contributed by atoms with van der Waals surface area (Å²) in [5.74, 6) is 0.193. The van der Waals surface area contributed by atoms with Crippen LogP contribution < -0.4 is 5.32 Å². The Bertz CT molecular complexity index is 369. The van der Waals surface area contributed by atoms with E-state index >= 15 is 0 Å². The summed E-state index contributed by atoms with van der Waals surface area (Å²) < 4.78 is 0. The van der Waals surface area contributed by atoms with Gasteiger partial charge in [-0.3, -0.25) is 4.79 Å². The van der Waals surface area contributed by atoms with E-state index in [2.05, 4.69) is 12.2 Å². The largest absolute Gasteiger partial charge is 0.481 e. The van der Waals surface area contributed by atoms with E-state index in [4.69, 9.17) is 0 Å². The molecule has 6 heteroatoms. The van der Waals surface area contributed by atoms with E-state index in [0.717, 1.165) is 38.1 Å². The van der Waals surface area contributed by atoms with Crippen molar-refractivity contribution in [1.82, 2.24) is 10.2 Å². The van der Waals surface area contributed by atoms with Gasteiger partial charge < -0.3 is 15.3 Å². The maximum absolute atomic E-state index is 12.2. The van der Waals surface area contributed by atoms with Gasteiger partial charge in [0, 0.05) is 30.6 Å². The van der Waals surface area contributed by atoms with Gasteiger partial charge >= 0.3 is 12.0 Å². The van der Waals surface area contributed by atoms with Crippen LogP contribution in [0.15, 0.2) is 0 Å². The van der Waals surface area contributed by atoms with Crippen LogP contribution in [0, 0.1) is 5.41 Å². The highest BCUT2D eigenvalue weighted by atomic mass is 32.2. The molecule has 1 aliphatic heterocycles. The van der Waals surface area contributed by atoms with E-state index in [-0.39, 0.29) is 12.6 Å². The fourth-order valence-electron chi connectivity index (χ4n) is 3.05. The fourth-order valence-corrected chi connectivity index (χ4v) is 4.07. The summed E-state index contributed by atoms with van der Waals surface area (Å²) in [5, 5.41) is 12.8. The monoisotopic (exact) mass is 300 g/mol. The summed E-state index contributed by atoms with van der Waals surface area (Å²) >= 11 is 1.87. The number of carbonyl (C=O) groups excluding carboxylic acids is 1. The average molecular weight is 300 g/mol. The van der Waals surface area contributed by atoms with E-state index in [9.17, 15) is 14.7 Å². The average Bonchev–Trinajstić information content (AvgIpc) is 2.45. The minimum absolute atomic E-state index is 0.108. The molecule has 0 aromatic carbocycles. The van der Waals surface area contributed by atoms with Crippen molar-refractivity contribution in [2.45, 2.75) is 44.3 Å². The number of carboxylic acids is 1. The zero-order valence-corrected chi connectivity index (χ0v) is 12.9. The van der Waals surface area contributed by atoms with Crippen molar-refractivity contribution in [3.05, 3.63) is 0 Å². The number of rotatable bonds is 3. The van der Waals surface area contributed by atoms with Gasteiger partial charge in [-0.1, -0.05) is 26.2 Å². The van der Waals surface area contributed by atoms with Gasteiger partial charge in [-0.2, -0.15) is 11.8 Å². The number of carbonyl (C=O) groups is 2. The van der Waals surface area contributed by atoms with Gasteiger partial charge in [0.05, 0.1) is 5.41 Å². The molecule has 0 radical (unpaired) electrons. The molecule has 0 aromatic heterocycles. The van der Waals surface area contributed by atoms with Crippen LogP contribution in [0.2, 0.25) is 0 Å². The third-order valence-corrected chi connectivity index (χ3v) is 5.51. The van der Waals surface area contributed by atoms with Crippen LogP contribution in [-0.4, -0.2) is 52.6 Å². The first kappa shape index (κ1) is 15.5. The zero-order valence-electron chi connectivity index (χ0n) is 12.1. The summed E-state index contributed by atoms with van der Waals surface area (Å²) in [6, 6.07) is -0.108. The number of hydrogen-bond acceptors (Lipinski definition) is 3. The number of nitrogens with one attached hydrogen (secondary N) is 1. The third-order valence-electron chi connectivity index (χ3n) is 4.37. The molecule has 1 saturated carbocycles. The molecule has 1 aliphatic carbocycles. The predicted molar refractivity (Wildman–Crippen MR) is 80.0 cm³/mol. The van der Waals surface area contributed by atoms with Crippen molar-refractivity contribution >= 4 is 23.8 Å². The molecule has 2 fully saturated rings. The van der Waals surface area contributed by atoms with Gasteiger partial charge in [-0.25, -0.2) is 4.79 Å². The molecule has 1 unspecified atom stereocenters. The van der Waals surface area contributed by atoms with Gasteiger partial charge in [-0.15, -0.1) is 0 Å². The number of urea groups is 1. The smallest absolute Gasteiger partial charge is 0.317 e. The lowest BCUT2D eigenvalue weighted by Crippen LogP contribution is -2.51. The number of hydrogen-bond donors (Lipinski definition) is 2.